The third-order valence-corrected chi connectivity index (χ3v) is 4.46. The molecule has 0 bridgehead atoms. The Morgan fingerprint density at radius 3 is 2.81 bits per heavy atom. The number of ether oxygens (including phenoxy) is 2. The number of nitrogens with one attached hydrogen (secondary N) is 1. The molecule has 1 fully saturated rings. The van der Waals surface area contributed by atoms with E-state index in [2.05, 4.69) is 24.8 Å². The molecule has 0 saturated carbocycles. The van der Waals surface area contributed by atoms with Crippen molar-refractivity contribution >= 4 is 22.8 Å². The molecule has 1 N–H and O–H groups in total. The van der Waals surface area contributed by atoms with Gasteiger partial charge in [0.25, 0.3) is 5.91 Å². The van der Waals surface area contributed by atoms with E-state index < -0.39 is 0 Å². The predicted molar refractivity (Wildman–Crippen MR) is 95.4 cm³/mol. The minimum absolute atomic E-state index is 0.257. The van der Waals surface area contributed by atoms with Crippen molar-refractivity contribution in [1.29, 1.82) is 0 Å². The van der Waals surface area contributed by atoms with E-state index in [4.69, 9.17) is 9.47 Å². The van der Waals surface area contributed by atoms with Crippen LogP contribution in [0.15, 0.2) is 36.9 Å². The van der Waals surface area contributed by atoms with Crippen molar-refractivity contribution in [3.63, 3.8) is 0 Å². The zero-order chi connectivity index (χ0) is 17.9. The second-order valence-electron chi connectivity index (χ2n) is 6.11. The number of rotatable bonds is 4. The average Bonchev–Trinajstić information content (AvgIpc) is 3.12. The maximum atomic E-state index is 12.5. The topological polar surface area (TPSA) is 91.2 Å². The number of pyridine rings is 2. The predicted octanol–water partition coefficient (Wildman–Crippen LogP) is 2.44. The molecule has 134 valence electrons. The Kier molecular flexibility index (Phi) is 4.49. The third-order valence-electron chi connectivity index (χ3n) is 4.46. The highest BCUT2D eigenvalue weighted by atomic mass is 16.5. The molecule has 4 heterocycles. The van der Waals surface area contributed by atoms with E-state index in [1.54, 1.807) is 44.0 Å². The monoisotopic (exact) mass is 353 g/mol. The molecule has 0 spiro atoms. The molecule has 3 aromatic rings. The average molecular weight is 353 g/mol. The molecular formula is C18H19N5O3. The SMILES string of the molecule is COc1ccc(NC(=O)c2cnc3c(c2)ncn3C2CCOCC2)cn1. The summed E-state index contributed by atoms with van der Waals surface area (Å²) in [5.74, 6) is 0.233. The second-order valence-corrected chi connectivity index (χ2v) is 6.11. The summed E-state index contributed by atoms with van der Waals surface area (Å²) in [6.45, 7) is 1.50. The lowest BCUT2D eigenvalue weighted by atomic mass is 10.1. The maximum Gasteiger partial charge on any atom is 0.257 e. The summed E-state index contributed by atoms with van der Waals surface area (Å²) in [6.07, 6.45) is 6.80. The number of anilines is 1. The van der Waals surface area contributed by atoms with Gasteiger partial charge in [0.1, 0.15) is 5.52 Å². The number of hydrogen-bond donors (Lipinski definition) is 1. The van der Waals surface area contributed by atoms with Crippen LogP contribution in [-0.4, -0.2) is 45.7 Å². The van der Waals surface area contributed by atoms with Gasteiger partial charge in [-0.2, -0.15) is 0 Å². The van der Waals surface area contributed by atoms with Gasteiger partial charge < -0.3 is 19.4 Å². The van der Waals surface area contributed by atoms with Gasteiger partial charge in [-0.05, 0) is 25.0 Å². The van der Waals surface area contributed by atoms with E-state index in [1.165, 1.54) is 0 Å². The van der Waals surface area contributed by atoms with Crippen molar-refractivity contribution in [1.82, 2.24) is 19.5 Å². The molecule has 0 aromatic carbocycles. The lowest BCUT2D eigenvalue weighted by Gasteiger charge is -2.23. The van der Waals surface area contributed by atoms with Gasteiger partial charge in [0.2, 0.25) is 5.88 Å². The summed E-state index contributed by atoms with van der Waals surface area (Å²) in [5.41, 5.74) is 2.53. The highest BCUT2D eigenvalue weighted by Crippen LogP contribution is 2.25. The highest BCUT2D eigenvalue weighted by Gasteiger charge is 2.19. The van der Waals surface area contributed by atoms with Crippen molar-refractivity contribution in [2.75, 3.05) is 25.6 Å². The molecule has 1 aliphatic heterocycles. The molecule has 0 aliphatic carbocycles. The Morgan fingerprint density at radius 2 is 2.08 bits per heavy atom. The van der Waals surface area contributed by atoms with Gasteiger partial charge in [-0.3, -0.25) is 4.79 Å². The van der Waals surface area contributed by atoms with Crippen LogP contribution in [0.4, 0.5) is 5.69 Å². The van der Waals surface area contributed by atoms with Crippen LogP contribution < -0.4 is 10.1 Å². The van der Waals surface area contributed by atoms with Gasteiger partial charge >= 0.3 is 0 Å². The van der Waals surface area contributed by atoms with Crippen LogP contribution in [0, 0.1) is 0 Å². The maximum absolute atomic E-state index is 12.5. The number of amides is 1. The van der Waals surface area contributed by atoms with Crippen molar-refractivity contribution in [3.05, 3.63) is 42.5 Å². The largest absolute Gasteiger partial charge is 0.481 e. The summed E-state index contributed by atoms with van der Waals surface area (Å²) in [6, 6.07) is 5.51. The Morgan fingerprint density at radius 1 is 1.23 bits per heavy atom. The van der Waals surface area contributed by atoms with Crippen LogP contribution in [0.5, 0.6) is 5.88 Å². The number of aromatic nitrogens is 4. The van der Waals surface area contributed by atoms with Crippen LogP contribution in [-0.2, 0) is 4.74 Å². The van der Waals surface area contributed by atoms with Crippen LogP contribution in [0.2, 0.25) is 0 Å². The van der Waals surface area contributed by atoms with E-state index in [9.17, 15) is 4.79 Å². The number of fused-ring (bicyclic) bond motifs is 1. The first kappa shape index (κ1) is 16.5. The molecule has 1 amide bonds. The van der Waals surface area contributed by atoms with Crippen molar-refractivity contribution in [2.45, 2.75) is 18.9 Å². The minimum atomic E-state index is -0.257. The van der Waals surface area contributed by atoms with Gasteiger partial charge in [-0.15, -0.1) is 0 Å². The molecule has 0 radical (unpaired) electrons. The van der Waals surface area contributed by atoms with Crippen LogP contribution in [0.25, 0.3) is 11.2 Å². The molecule has 0 atom stereocenters. The number of carbonyl (C=O) groups is 1. The highest BCUT2D eigenvalue weighted by molar-refractivity contribution is 6.05. The summed E-state index contributed by atoms with van der Waals surface area (Å²) in [4.78, 5) is 25.4. The lowest BCUT2D eigenvalue weighted by molar-refractivity contribution is 0.0704. The van der Waals surface area contributed by atoms with E-state index in [1.807, 2.05) is 0 Å². The fraction of sp³-hybridized carbons (Fsp3) is 0.333. The fourth-order valence-corrected chi connectivity index (χ4v) is 3.05. The normalized spacial score (nSPS) is 15.1. The molecule has 26 heavy (non-hydrogen) atoms. The Balaban J connectivity index is 1.54. The number of hydrogen-bond acceptors (Lipinski definition) is 6. The molecule has 1 saturated heterocycles. The van der Waals surface area contributed by atoms with Gasteiger partial charge in [-0.25, -0.2) is 15.0 Å². The number of nitrogens with zero attached hydrogens (tertiary/aromatic N) is 4. The van der Waals surface area contributed by atoms with Gasteiger partial charge in [0.15, 0.2) is 5.65 Å². The number of carbonyl (C=O) groups excluding carboxylic acids is 1. The van der Waals surface area contributed by atoms with E-state index in [0.717, 1.165) is 31.7 Å². The first-order chi connectivity index (χ1) is 12.7. The Labute approximate surface area is 150 Å². The smallest absolute Gasteiger partial charge is 0.257 e. The Hall–Kier alpha value is -3.00. The van der Waals surface area contributed by atoms with Crippen LogP contribution in [0.1, 0.15) is 29.2 Å². The van der Waals surface area contributed by atoms with Crippen molar-refractivity contribution in [3.8, 4) is 5.88 Å². The molecule has 4 rings (SSSR count). The quantitative estimate of drug-likeness (QED) is 0.775. The van der Waals surface area contributed by atoms with Gasteiger partial charge in [0, 0.05) is 31.5 Å². The third kappa shape index (κ3) is 3.23. The first-order valence-electron chi connectivity index (χ1n) is 8.46. The lowest BCUT2D eigenvalue weighted by Crippen LogP contribution is -2.19. The van der Waals surface area contributed by atoms with Crippen molar-refractivity contribution < 1.29 is 14.3 Å². The summed E-state index contributed by atoms with van der Waals surface area (Å²) in [5, 5.41) is 2.80. The van der Waals surface area contributed by atoms with Gasteiger partial charge in [-0.1, -0.05) is 0 Å². The zero-order valence-electron chi connectivity index (χ0n) is 14.4. The number of methoxy groups -OCH3 is 1. The van der Waals surface area contributed by atoms with Gasteiger partial charge in [0.05, 0.1) is 30.9 Å². The van der Waals surface area contributed by atoms with Crippen molar-refractivity contribution in [2.24, 2.45) is 0 Å². The summed E-state index contributed by atoms with van der Waals surface area (Å²) in [7, 11) is 1.54. The van der Waals surface area contributed by atoms with E-state index in [-0.39, 0.29) is 5.91 Å². The molecular weight excluding hydrogens is 334 g/mol. The minimum Gasteiger partial charge on any atom is -0.481 e. The fourth-order valence-electron chi connectivity index (χ4n) is 3.05. The second kappa shape index (κ2) is 7.09. The molecule has 8 nitrogen and oxygen atoms in total. The molecule has 0 unspecified atom stereocenters. The van der Waals surface area contributed by atoms with Crippen LogP contribution in [0.3, 0.4) is 0 Å². The molecule has 3 aromatic heterocycles. The number of imidazole rings is 1. The zero-order valence-corrected chi connectivity index (χ0v) is 14.4. The van der Waals surface area contributed by atoms with E-state index >= 15 is 0 Å². The standard InChI is InChI=1S/C18H19N5O3/c1-25-16-3-2-13(10-19-16)22-18(24)12-8-15-17(20-9-12)23(11-21-15)14-4-6-26-7-5-14/h2-3,8-11,14H,4-7H2,1H3,(H,22,24). The molecule has 1 aliphatic rings. The van der Waals surface area contributed by atoms with E-state index in [0.29, 0.717) is 28.7 Å². The molecule has 8 heteroatoms. The van der Waals surface area contributed by atoms with Crippen LogP contribution >= 0.6 is 0 Å². The summed E-state index contributed by atoms with van der Waals surface area (Å²) >= 11 is 0. The Bertz CT molecular complexity index is 916. The summed E-state index contributed by atoms with van der Waals surface area (Å²) < 4.78 is 12.5. The first-order valence-corrected chi connectivity index (χ1v) is 8.46.